The Balaban J connectivity index is 1.92. The van der Waals surface area contributed by atoms with Crippen molar-refractivity contribution in [2.75, 3.05) is 17.2 Å². The summed E-state index contributed by atoms with van der Waals surface area (Å²) in [5.74, 6) is -1.52. The van der Waals surface area contributed by atoms with E-state index in [1.807, 2.05) is 32.0 Å². The number of hydrogen-bond donors (Lipinski definition) is 3. The molecule has 1 fully saturated rings. The number of anilines is 2. The van der Waals surface area contributed by atoms with Crippen molar-refractivity contribution in [3.05, 3.63) is 39.9 Å². The molecule has 0 radical (unpaired) electrons. The lowest BCUT2D eigenvalue weighted by molar-refractivity contribution is -0.120. The van der Waals surface area contributed by atoms with Crippen molar-refractivity contribution in [2.24, 2.45) is 5.73 Å². The minimum absolute atomic E-state index is 0.0573. The largest absolute Gasteiger partial charge is 0.395 e. The summed E-state index contributed by atoms with van der Waals surface area (Å²) in [7, 11) is 0. The average Bonchev–Trinajstić information content (AvgIpc) is 3.27. The molecule has 1 aromatic heterocycles. The molecule has 1 aromatic carbocycles. The number of aromatic nitrogens is 1. The summed E-state index contributed by atoms with van der Waals surface area (Å²) < 4.78 is 3.90. The molecule has 0 unspecified atom stereocenters. The third-order valence-corrected chi connectivity index (χ3v) is 5.79. The fourth-order valence-corrected chi connectivity index (χ4v) is 4.38. The van der Waals surface area contributed by atoms with Gasteiger partial charge < -0.3 is 16.8 Å². The van der Waals surface area contributed by atoms with Gasteiger partial charge in [-0.15, -0.1) is 0 Å². The maximum absolute atomic E-state index is 13.3. The summed E-state index contributed by atoms with van der Waals surface area (Å²) in [4.78, 5) is 38.9. The third kappa shape index (κ3) is 4.73. The average molecular weight is 416 g/mol. The highest BCUT2D eigenvalue weighted by molar-refractivity contribution is 7.09. The van der Waals surface area contributed by atoms with E-state index in [0.717, 1.165) is 48.3 Å². The maximum Gasteiger partial charge on any atom is 0.272 e. The van der Waals surface area contributed by atoms with Gasteiger partial charge in [-0.05, 0) is 61.5 Å². The van der Waals surface area contributed by atoms with E-state index in [2.05, 4.69) is 9.69 Å². The molecule has 8 nitrogen and oxygen atoms in total. The number of aryl methyl sites for hydroxylation is 2. The Morgan fingerprint density at radius 3 is 2.34 bits per heavy atom. The lowest BCUT2D eigenvalue weighted by Gasteiger charge is -2.24. The zero-order valence-corrected chi connectivity index (χ0v) is 17.3. The van der Waals surface area contributed by atoms with Crippen LogP contribution in [0.5, 0.6) is 0 Å². The smallest absolute Gasteiger partial charge is 0.272 e. The van der Waals surface area contributed by atoms with Crippen LogP contribution in [0, 0.1) is 13.8 Å². The standard InChI is InChI=1S/C20H25N5O3S/c1-11-7-12(2)9-14(8-11)25(10-15(26)23-13-5-3-4-6-13)20(28)18-16(21)17(19(22)27)24-29-18/h7-9,13H,3-6,10,21H2,1-2H3,(H2,22,27)(H,23,26). The van der Waals surface area contributed by atoms with Crippen molar-refractivity contribution < 1.29 is 14.4 Å². The van der Waals surface area contributed by atoms with Crippen LogP contribution in [0.4, 0.5) is 11.4 Å². The lowest BCUT2D eigenvalue weighted by Crippen LogP contribution is -2.43. The summed E-state index contributed by atoms with van der Waals surface area (Å²) in [5, 5.41) is 3.00. The van der Waals surface area contributed by atoms with Crippen LogP contribution in [0.2, 0.25) is 0 Å². The van der Waals surface area contributed by atoms with E-state index in [-0.39, 0.29) is 34.8 Å². The molecule has 154 valence electrons. The number of rotatable bonds is 6. The summed E-state index contributed by atoms with van der Waals surface area (Å²) in [6.07, 6.45) is 4.09. The van der Waals surface area contributed by atoms with E-state index in [1.54, 1.807) is 0 Å². The Bertz CT molecular complexity index is 929. The van der Waals surface area contributed by atoms with Crippen molar-refractivity contribution in [1.82, 2.24) is 9.69 Å². The van der Waals surface area contributed by atoms with E-state index in [9.17, 15) is 14.4 Å². The minimum atomic E-state index is -0.797. The number of carbonyl (C=O) groups excluding carboxylic acids is 3. The Kier molecular flexibility index (Phi) is 6.17. The van der Waals surface area contributed by atoms with Gasteiger partial charge in [0.1, 0.15) is 11.4 Å². The molecule has 1 aliphatic carbocycles. The number of nitrogens with zero attached hydrogens (tertiary/aromatic N) is 2. The molecule has 1 saturated carbocycles. The fraction of sp³-hybridized carbons (Fsp3) is 0.400. The van der Waals surface area contributed by atoms with Crippen LogP contribution in [0.3, 0.4) is 0 Å². The van der Waals surface area contributed by atoms with E-state index >= 15 is 0 Å². The van der Waals surface area contributed by atoms with Crippen molar-refractivity contribution in [3.8, 4) is 0 Å². The number of hydrogen-bond acceptors (Lipinski definition) is 6. The molecule has 0 spiro atoms. The van der Waals surface area contributed by atoms with Gasteiger partial charge in [0.2, 0.25) is 5.91 Å². The van der Waals surface area contributed by atoms with Crippen LogP contribution in [-0.4, -0.2) is 34.7 Å². The normalized spacial score (nSPS) is 14.0. The van der Waals surface area contributed by atoms with Crippen LogP contribution in [0.15, 0.2) is 18.2 Å². The molecule has 1 heterocycles. The summed E-state index contributed by atoms with van der Waals surface area (Å²) in [5.41, 5.74) is 13.5. The van der Waals surface area contributed by atoms with Gasteiger partial charge in [0, 0.05) is 11.7 Å². The number of amides is 3. The number of primary amides is 1. The van der Waals surface area contributed by atoms with Gasteiger partial charge in [-0.2, -0.15) is 4.37 Å². The van der Waals surface area contributed by atoms with Crippen LogP contribution in [0.1, 0.15) is 57.0 Å². The number of nitrogens with two attached hydrogens (primary N) is 2. The fourth-order valence-electron chi connectivity index (χ4n) is 3.63. The van der Waals surface area contributed by atoms with E-state index in [1.165, 1.54) is 4.90 Å². The predicted molar refractivity (Wildman–Crippen MR) is 113 cm³/mol. The second kappa shape index (κ2) is 8.60. The van der Waals surface area contributed by atoms with Gasteiger partial charge in [0.25, 0.3) is 11.8 Å². The molecule has 0 atom stereocenters. The Labute approximate surface area is 173 Å². The van der Waals surface area contributed by atoms with E-state index in [4.69, 9.17) is 11.5 Å². The second-order valence-electron chi connectivity index (χ2n) is 7.42. The van der Waals surface area contributed by atoms with Crippen LogP contribution >= 0.6 is 11.5 Å². The molecule has 5 N–H and O–H groups in total. The zero-order chi connectivity index (χ0) is 21.1. The van der Waals surface area contributed by atoms with E-state index < -0.39 is 11.8 Å². The number of carbonyl (C=O) groups is 3. The first kappa shape index (κ1) is 20.8. The number of benzene rings is 1. The first-order chi connectivity index (χ1) is 13.8. The highest BCUT2D eigenvalue weighted by Gasteiger charge is 2.28. The van der Waals surface area contributed by atoms with Gasteiger partial charge in [-0.3, -0.25) is 19.3 Å². The summed E-state index contributed by atoms with van der Waals surface area (Å²) in [6, 6.07) is 5.80. The van der Waals surface area contributed by atoms with Crippen molar-refractivity contribution >= 4 is 40.6 Å². The molecule has 3 rings (SSSR count). The van der Waals surface area contributed by atoms with Gasteiger partial charge in [0.05, 0.1) is 5.69 Å². The molecule has 2 aromatic rings. The molecule has 0 bridgehead atoms. The minimum Gasteiger partial charge on any atom is -0.395 e. The summed E-state index contributed by atoms with van der Waals surface area (Å²) >= 11 is 0.805. The van der Waals surface area contributed by atoms with Crippen molar-refractivity contribution in [3.63, 3.8) is 0 Å². The van der Waals surface area contributed by atoms with Crippen LogP contribution in [-0.2, 0) is 4.79 Å². The van der Waals surface area contributed by atoms with Gasteiger partial charge in [-0.25, -0.2) is 0 Å². The van der Waals surface area contributed by atoms with Crippen molar-refractivity contribution in [2.45, 2.75) is 45.6 Å². The van der Waals surface area contributed by atoms with Gasteiger partial charge >= 0.3 is 0 Å². The predicted octanol–water partition coefficient (Wildman–Crippen LogP) is 2.15. The number of nitrogens with one attached hydrogen (secondary N) is 1. The zero-order valence-electron chi connectivity index (χ0n) is 16.5. The first-order valence-electron chi connectivity index (χ1n) is 9.50. The Morgan fingerprint density at radius 1 is 1.17 bits per heavy atom. The molecule has 0 aliphatic heterocycles. The molecular weight excluding hydrogens is 390 g/mol. The first-order valence-corrected chi connectivity index (χ1v) is 10.3. The van der Waals surface area contributed by atoms with E-state index in [0.29, 0.717) is 5.69 Å². The van der Waals surface area contributed by atoms with Crippen LogP contribution in [0.25, 0.3) is 0 Å². The molecule has 1 aliphatic rings. The highest BCUT2D eigenvalue weighted by atomic mass is 32.1. The monoisotopic (exact) mass is 415 g/mol. The molecule has 0 saturated heterocycles. The van der Waals surface area contributed by atoms with Gasteiger partial charge in [0.15, 0.2) is 5.69 Å². The maximum atomic E-state index is 13.3. The lowest BCUT2D eigenvalue weighted by atomic mass is 10.1. The number of nitrogen functional groups attached to an aromatic ring is 1. The SMILES string of the molecule is Cc1cc(C)cc(N(CC(=O)NC2CCCC2)C(=O)c2snc(C(N)=O)c2N)c1. The second-order valence-corrected chi connectivity index (χ2v) is 8.20. The molecule has 9 heteroatoms. The summed E-state index contributed by atoms with van der Waals surface area (Å²) in [6.45, 7) is 3.69. The Hall–Kier alpha value is -2.94. The van der Waals surface area contributed by atoms with Gasteiger partial charge in [-0.1, -0.05) is 18.9 Å². The quantitative estimate of drug-likeness (QED) is 0.665. The molecule has 3 amide bonds. The Morgan fingerprint density at radius 2 is 1.79 bits per heavy atom. The topological polar surface area (TPSA) is 131 Å². The highest BCUT2D eigenvalue weighted by Crippen LogP contribution is 2.27. The van der Waals surface area contributed by atoms with Crippen molar-refractivity contribution in [1.29, 1.82) is 0 Å². The third-order valence-electron chi connectivity index (χ3n) is 4.94. The van der Waals surface area contributed by atoms with Crippen LogP contribution < -0.4 is 21.7 Å². The molecular formula is C20H25N5O3S. The molecule has 29 heavy (non-hydrogen) atoms.